The number of imidazole rings is 1. The summed E-state index contributed by atoms with van der Waals surface area (Å²) in [6, 6.07) is 22.2. The lowest BCUT2D eigenvalue weighted by atomic mass is 10.0. The van der Waals surface area contributed by atoms with Crippen LogP contribution in [0.2, 0.25) is 0 Å². The maximum atomic E-state index is 13.7. The molecule has 2 heterocycles. The average molecular weight is 603 g/mol. The fraction of sp³-hybridized carbons (Fsp3) is 0.333. The molecule has 0 radical (unpaired) electrons. The molecule has 5 rings (SSSR count). The number of aryl methyl sites for hydroxylation is 1. The third-order valence-electron chi connectivity index (χ3n) is 7.59. The summed E-state index contributed by atoms with van der Waals surface area (Å²) in [6.45, 7) is 6.45. The van der Waals surface area contributed by atoms with Crippen LogP contribution in [0.25, 0.3) is 16.9 Å². The normalized spacial score (nSPS) is 15.3. The molecule has 0 spiro atoms. The highest BCUT2D eigenvalue weighted by atomic mass is 32.2. The van der Waals surface area contributed by atoms with Crippen molar-refractivity contribution in [2.45, 2.75) is 50.5 Å². The van der Waals surface area contributed by atoms with Crippen LogP contribution in [0.1, 0.15) is 43.7 Å². The molecule has 1 saturated heterocycles. The maximum absolute atomic E-state index is 13.7. The second kappa shape index (κ2) is 13.1. The van der Waals surface area contributed by atoms with E-state index in [2.05, 4.69) is 31.3 Å². The van der Waals surface area contributed by atoms with Gasteiger partial charge in [-0.2, -0.15) is 4.31 Å². The Balaban J connectivity index is 1.45. The zero-order chi connectivity index (χ0) is 30.6. The molecule has 10 heteroatoms. The van der Waals surface area contributed by atoms with E-state index in [1.54, 1.807) is 35.9 Å². The van der Waals surface area contributed by atoms with Gasteiger partial charge < -0.3 is 9.47 Å². The van der Waals surface area contributed by atoms with E-state index in [-0.39, 0.29) is 30.0 Å². The molecule has 1 aliphatic heterocycles. The molecule has 226 valence electrons. The molecule has 43 heavy (non-hydrogen) atoms. The second-order valence-corrected chi connectivity index (χ2v) is 13.0. The Morgan fingerprint density at radius 3 is 2.37 bits per heavy atom. The molecule has 0 bridgehead atoms. The highest BCUT2D eigenvalue weighted by molar-refractivity contribution is 7.89. The smallest absolute Gasteiger partial charge is 0.243 e. The maximum Gasteiger partial charge on any atom is 0.243 e. The van der Waals surface area contributed by atoms with E-state index >= 15 is 0 Å². The van der Waals surface area contributed by atoms with Crippen LogP contribution in [0.4, 0.5) is 5.95 Å². The largest absolute Gasteiger partial charge is 0.497 e. The molecular formula is C33H38N4O5S. The number of carbonyl (C=O) groups excluding carboxylic acids is 1. The third kappa shape index (κ3) is 7.15. The Bertz CT molecular complexity index is 1640. The summed E-state index contributed by atoms with van der Waals surface area (Å²) in [5.74, 6) is 0.886. The summed E-state index contributed by atoms with van der Waals surface area (Å²) in [6.07, 6.45) is 3.19. The fourth-order valence-corrected chi connectivity index (χ4v) is 6.46. The van der Waals surface area contributed by atoms with E-state index in [1.807, 2.05) is 49.5 Å². The SMILES string of the molecule is COc1ccc(-c2cn(-c3ccc(C(C)C)cc3)c(NC(=O)CN(C[C@@H]3CCCO3)S(=O)(=O)c3ccc(C)cc3)n2)cc1. The molecule has 1 atom stereocenters. The van der Waals surface area contributed by atoms with E-state index in [4.69, 9.17) is 14.5 Å². The monoisotopic (exact) mass is 602 g/mol. The van der Waals surface area contributed by atoms with Crippen molar-refractivity contribution in [3.05, 3.63) is 90.1 Å². The Morgan fingerprint density at radius 1 is 1.07 bits per heavy atom. The summed E-state index contributed by atoms with van der Waals surface area (Å²) in [5, 5.41) is 2.89. The summed E-state index contributed by atoms with van der Waals surface area (Å²) in [5.41, 5.74) is 4.44. The van der Waals surface area contributed by atoms with Gasteiger partial charge in [0.05, 0.1) is 30.3 Å². The number of hydrogen-bond donors (Lipinski definition) is 1. The molecule has 9 nitrogen and oxygen atoms in total. The number of amides is 1. The van der Waals surface area contributed by atoms with Crippen molar-refractivity contribution in [3.63, 3.8) is 0 Å². The molecular weight excluding hydrogens is 564 g/mol. The number of hydrogen-bond acceptors (Lipinski definition) is 6. The van der Waals surface area contributed by atoms with Gasteiger partial charge in [-0.25, -0.2) is 13.4 Å². The number of anilines is 1. The molecule has 0 saturated carbocycles. The first-order chi connectivity index (χ1) is 20.6. The minimum atomic E-state index is -3.96. The number of ether oxygens (including phenoxy) is 2. The van der Waals surface area contributed by atoms with Crippen LogP contribution in [0.5, 0.6) is 5.75 Å². The van der Waals surface area contributed by atoms with Crippen LogP contribution in [-0.4, -0.2) is 61.1 Å². The van der Waals surface area contributed by atoms with E-state index in [1.165, 1.54) is 9.87 Å². The molecule has 0 aliphatic carbocycles. The molecule has 4 aromatic rings. The number of sulfonamides is 1. The van der Waals surface area contributed by atoms with E-state index < -0.39 is 15.9 Å². The van der Waals surface area contributed by atoms with Crippen molar-refractivity contribution >= 4 is 21.9 Å². The Labute approximate surface area is 253 Å². The molecule has 0 unspecified atom stereocenters. The lowest BCUT2D eigenvalue weighted by Gasteiger charge is -2.24. The van der Waals surface area contributed by atoms with Gasteiger partial charge in [0.1, 0.15) is 5.75 Å². The van der Waals surface area contributed by atoms with Crippen LogP contribution >= 0.6 is 0 Å². The molecule has 1 amide bonds. The quantitative estimate of drug-likeness (QED) is 0.233. The van der Waals surface area contributed by atoms with Gasteiger partial charge in [-0.1, -0.05) is 43.7 Å². The highest BCUT2D eigenvalue weighted by Crippen LogP contribution is 2.27. The van der Waals surface area contributed by atoms with E-state index in [0.717, 1.165) is 35.4 Å². The van der Waals surface area contributed by atoms with Crippen molar-refractivity contribution in [1.29, 1.82) is 0 Å². The number of aromatic nitrogens is 2. The van der Waals surface area contributed by atoms with Gasteiger partial charge in [0.15, 0.2) is 0 Å². The number of carbonyl (C=O) groups is 1. The fourth-order valence-electron chi connectivity index (χ4n) is 5.03. The zero-order valence-electron chi connectivity index (χ0n) is 25.0. The predicted octanol–water partition coefficient (Wildman–Crippen LogP) is 5.79. The number of benzene rings is 3. The van der Waals surface area contributed by atoms with Crippen LogP contribution < -0.4 is 10.1 Å². The Kier molecular flexibility index (Phi) is 9.29. The number of rotatable bonds is 11. The minimum absolute atomic E-state index is 0.0891. The van der Waals surface area contributed by atoms with Gasteiger partial charge in [0.25, 0.3) is 0 Å². The van der Waals surface area contributed by atoms with Crippen LogP contribution in [0.3, 0.4) is 0 Å². The van der Waals surface area contributed by atoms with Crippen molar-refractivity contribution in [3.8, 4) is 22.7 Å². The highest BCUT2D eigenvalue weighted by Gasteiger charge is 2.31. The van der Waals surface area contributed by atoms with Gasteiger partial charge in [0.2, 0.25) is 21.9 Å². The standard InChI is InChI=1S/C33H38N4O5S/c1-23(2)25-9-13-27(14-10-25)37-21-31(26-11-15-28(41-4)16-12-26)34-33(37)35-32(38)22-36(20-29-6-5-19-42-29)43(39,40)30-17-7-24(3)8-18-30/h7-18,21,23,29H,5-6,19-20,22H2,1-4H3,(H,34,35,38)/t29-/m0/s1. The van der Waals surface area contributed by atoms with Crippen molar-refractivity contribution in [1.82, 2.24) is 13.9 Å². The molecule has 1 N–H and O–H groups in total. The molecule has 3 aromatic carbocycles. The predicted molar refractivity (Wildman–Crippen MR) is 167 cm³/mol. The Hall–Kier alpha value is -3.99. The third-order valence-corrected chi connectivity index (χ3v) is 9.42. The first-order valence-corrected chi connectivity index (χ1v) is 15.9. The van der Waals surface area contributed by atoms with Crippen LogP contribution in [0, 0.1) is 6.92 Å². The first kappa shape index (κ1) is 30.5. The van der Waals surface area contributed by atoms with Crippen molar-refractivity contribution in [2.75, 3.05) is 32.1 Å². The topological polar surface area (TPSA) is 103 Å². The average Bonchev–Trinajstić information content (AvgIpc) is 3.67. The molecule has 1 aromatic heterocycles. The van der Waals surface area contributed by atoms with Gasteiger partial charge in [-0.3, -0.25) is 14.7 Å². The molecule has 1 fully saturated rings. The lowest BCUT2D eigenvalue weighted by Crippen LogP contribution is -2.42. The van der Waals surface area contributed by atoms with Crippen molar-refractivity contribution < 1.29 is 22.7 Å². The van der Waals surface area contributed by atoms with Gasteiger partial charge in [0, 0.05) is 30.6 Å². The zero-order valence-corrected chi connectivity index (χ0v) is 25.8. The Morgan fingerprint density at radius 2 is 1.77 bits per heavy atom. The molecule has 1 aliphatic rings. The van der Waals surface area contributed by atoms with Gasteiger partial charge in [-0.05, 0) is 79.8 Å². The van der Waals surface area contributed by atoms with E-state index in [0.29, 0.717) is 18.2 Å². The minimum Gasteiger partial charge on any atom is -0.497 e. The van der Waals surface area contributed by atoms with Crippen molar-refractivity contribution in [2.24, 2.45) is 0 Å². The summed E-state index contributed by atoms with van der Waals surface area (Å²) >= 11 is 0. The summed E-state index contributed by atoms with van der Waals surface area (Å²) < 4.78 is 41.4. The second-order valence-electron chi connectivity index (χ2n) is 11.1. The first-order valence-electron chi connectivity index (χ1n) is 14.5. The number of nitrogens with one attached hydrogen (secondary N) is 1. The van der Waals surface area contributed by atoms with Gasteiger partial charge >= 0.3 is 0 Å². The van der Waals surface area contributed by atoms with E-state index in [9.17, 15) is 13.2 Å². The van der Waals surface area contributed by atoms with Crippen LogP contribution in [0.15, 0.2) is 83.9 Å². The van der Waals surface area contributed by atoms with Gasteiger partial charge in [-0.15, -0.1) is 0 Å². The summed E-state index contributed by atoms with van der Waals surface area (Å²) in [4.78, 5) is 18.4. The summed E-state index contributed by atoms with van der Waals surface area (Å²) in [7, 11) is -2.35. The number of nitrogens with zero attached hydrogens (tertiary/aromatic N) is 3. The number of methoxy groups -OCH3 is 1. The van der Waals surface area contributed by atoms with Crippen LogP contribution in [-0.2, 0) is 19.6 Å². The lowest BCUT2D eigenvalue weighted by molar-refractivity contribution is -0.116.